The highest BCUT2D eigenvalue weighted by atomic mass is 35.5. The Hall–Kier alpha value is -1.15. The predicted octanol–water partition coefficient (Wildman–Crippen LogP) is 3.70. The molecule has 1 fully saturated rings. The van der Waals surface area contributed by atoms with Crippen LogP contribution in [-0.2, 0) is 0 Å². The molecule has 1 heterocycles. The molecule has 15 heavy (non-hydrogen) atoms. The lowest BCUT2D eigenvalue weighted by Gasteiger charge is -1.94. The summed E-state index contributed by atoms with van der Waals surface area (Å²) in [5.41, 5.74) is 0.833. The molecule has 0 bridgehead atoms. The number of rotatable bonds is 0. The molecular weight excluding hydrogens is 208 g/mol. The first-order valence-corrected chi connectivity index (χ1v) is 5.51. The second kappa shape index (κ2) is 4.58. The molecule has 78 valence electrons. The Bertz CT molecular complexity index is 447. The van der Waals surface area contributed by atoms with Crippen molar-refractivity contribution in [3.63, 3.8) is 0 Å². The van der Waals surface area contributed by atoms with Crippen LogP contribution in [0.5, 0.6) is 0 Å². The first-order valence-electron chi connectivity index (χ1n) is 5.13. The third kappa shape index (κ3) is 2.90. The number of nitrogens with zero attached hydrogens (tertiary/aromatic N) is 2. The maximum atomic E-state index is 5.85. The van der Waals surface area contributed by atoms with E-state index in [1.54, 1.807) is 6.20 Å². The standard InChI is InChI=1S/C8H5ClN2.C4H8/c9-7-5-10-11-8-4-2-1-3-6(7)8;1-4-2-3-4/h1-5H;4H,2-3H2,1H3. The molecule has 0 unspecified atom stereocenters. The van der Waals surface area contributed by atoms with Crippen molar-refractivity contribution >= 4 is 22.5 Å². The number of fused-ring (bicyclic) bond motifs is 1. The lowest BCUT2D eigenvalue weighted by molar-refractivity contribution is 0.983. The van der Waals surface area contributed by atoms with E-state index in [2.05, 4.69) is 17.1 Å². The molecule has 2 nitrogen and oxygen atoms in total. The Balaban J connectivity index is 0.000000179. The Morgan fingerprint density at radius 1 is 1.27 bits per heavy atom. The zero-order chi connectivity index (χ0) is 10.7. The van der Waals surface area contributed by atoms with Gasteiger partial charge in [0.05, 0.1) is 16.7 Å². The van der Waals surface area contributed by atoms with Crippen molar-refractivity contribution < 1.29 is 0 Å². The molecule has 0 radical (unpaired) electrons. The molecule has 1 aliphatic carbocycles. The fourth-order valence-electron chi connectivity index (χ4n) is 1.14. The van der Waals surface area contributed by atoms with Gasteiger partial charge < -0.3 is 0 Å². The maximum Gasteiger partial charge on any atom is 0.0944 e. The highest BCUT2D eigenvalue weighted by Gasteiger charge is 2.12. The van der Waals surface area contributed by atoms with Crippen molar-refractivity contribution in [2.24, 2.45) is 5.92 Å². The first kappa shape index (κ1) is 10.4. The van der Waals surface area contributed by atoms with E-state index in [0.29, 0.717) is 5.02 Å². The molecule has 0 amide bonds. The van der Waals surface area contributed by atoms with Crippen LogP contribution >= 0.6 is 11.6 Å². The number of benzene rings is 1. The predicted molar refractivity (Wildman–Crippen MR) is 62.9 cm³/mol. The third-order valence-corrected chi connectivity index (χ3v) is 2.67. The van der Waals surface area contributed by atoms with E-state index in [-0.39, 0.29) is 0 Å². The van der Waals surface area contributed by atoms with Gasteiger partial charge in [0.1, 0.15) is 0 Å². The second-order valence-corrected chi connectivity index (χ2v) is 4.30. The van der Waals surface area contributed by atoms with Crippen molar-refractivity contribution in [3.8, 4) is 0 Å². The Labute approximate surface area is 94.3 Å². The van der Waals surface area contributed by atoms with Gasteiger partial charge >= 0.3 is 0 Å². The van der Waals surface area contributed by atoms with E-state index in [1.807, 2.05) is 24.3 Å². The SMILES string of the molecule is CC1CC1.Clc1cnnc2ccccc12. The zero-order valence-corrected chi connectivity index (χ0v) is 9.41. The summed E-state index contributed by atoms with van der Waals surface area (Å²) < 4.78 is 0. The van der Waals surface area contributed by atoms with Crippen LogP contribution in [0.4, 0.5) is 0 Å². The molecule has 3 heteroatoms. The highest BCUT2D eigenvalue weighted by molar-refractivity contribution is 6.35. The smallest absolute Gasteiger partial charge is 0.0944 e. The minimum Gasteiger partial charge on any atom is -0.157 e. The van der Waals surface area contributed by atoms with Gasteiger partial charge in [-0.1, -0.05) is 49.6 Å². The molecule has 1 aliphatic rings. The minimum atomic E-state index is 0.649. The zero-order valence-electron chi connectivity index (χ0n) is 8.65. The lowest BCUT2D eigenvalue weighted by Crippen LogP contribution is -1.82. The molecule has 0 atom stereocenters. The van der Waals surface area contributed by atoms with Crippen LogP contribution < -0.4 is 0 Å². The van der Waals surface area contributed by atoms with Gasteiger partial charge in [0.25, 0.3) is 0 Å². The lowest BCUT2D eigenvalue weighted by atomic mass is 10.2. The normalized spacial score (nSPS) is 14.5. The van der Waals surface area contributed by atoms with Gasteiger partial charge in [-0.05, 0) is 12.0 Å². The average Bonchev–Trinajstić information content (AvgIpc) is 3.03. The van der Waals surface area contributed by atoms with Crippen molar-refractivity contribution in [3.05, 3.63) is 35.5 Å². The monoisotopic (exact) mass is 220 g/mol. The number of aromatic nitrogens is 2. The molecule has 1 saturated carbocycles. The molecule has 0 spiro atoms. The van der Waals surface area contributed by atoms with Crippen molar-refractivity contribution in [1.82, 2.24) is 10.2 Å². The van der Waals surface area contributed by atoms with Crippen molar-refractivity contribution in [1.29, 1.82) is 0 Å². The van der Waals surface area contributed by atoms with E-state index in [0.717, 1.165) is 16.8 Å². The van der Waals surface area contributed by atoms with E-state index < -0.39 is 0 Å². The van der Waals surface area contributed by atoms with Gasteiger partial charge in [-0.15, -0.1) is 0 Å². The Morgan fingerprint density at radius 3 is 2.53 bits per heavy atom. The third-order valence-electron chi connectivity index (χ3n) is 2.36. The van der Waals surface area contributed by atoms with Gasteiger partial charge in [0, 0.05) is 5.39 Å². The first-order chi connectivity index (χ1) is 7.27. The van der Waals surface area contributed by atoms with Crippen LogP contribution in [0.1, 0.15) is 19.8 Å². The van der Waals surface area contributed by atoms with Crippen molar-refractivity contribution in [2.45, 2.75) is 19.8 Å². The van der Waals surface area contributed by atoms with E-state index >= 15 is 0 Å². The van der Waals surface area contributed by atoms with E-state index in [1.165, 1.54) is 12.8 Å². The summed E-state index contributed by atoms with van der Waals surface area (Å²) in [6.45, 7) is 2.28. The maximum absolute atomic E-state index is 5.85. The van der Waals surface area contributed by atoms with Crippen LogP contribution in [-0.4, -0.2) is 10.2 Å². The largest absolute Gasteiger partial charge is 0.157 e. The summed E-state index contributed by atoms with van der Waals surface area (Å²) in [5, 5.41) is 9.24. The Morgan fingerprint density at radius 2 is 1.93 bits per heavy atom. The quantitative estimate of drug-likeness (QED) is 0.677. The van der Waals surface area contributed by atoms with Crippen LogP contribution in [0.15, 0.2) is 30.5 Å². The molecule has 1 aromatic carbocycles. The van der Waals surface area contributed by atoms with Crippen LogP contribution in [0.25, 0.3) is 10.9 Å². The van der Waals surface area contributed by atoms with Crippen LogP contribution in [0.2, 0.25) is 5.02 Å². The van der Waals surface area contributed by atoms with Gasteiger partial charge in [0.15, 0.2) is 0 Å². The number of hydrogen-bond acceptors (Lipinski definition) is 2. The Kier molecular flexibility index (Phi) is 3.17. The number of halogens is 1. The van der Waals surface area contributed by atoms with Crippen LogP contribution in [0, 0.1) is 5.92 Å². The average molecular weight is 221 g/mol. The topological polar surface area (TPSA) is 25.8 Å². The molecule has 3 rings (SSSR count). The summed E-state index contributed by atoms with van der Waals surface area (Å²) in [6.07, 6.45) is 4.52. The van der Waals surface area contributed by atoms with Crippen molar-refractivity contribution in [2.75, 3.05) is 0 Å². The van der Waals surface area contributed by atoms with E-state index in [9.17, 15) is 0 Å². The van der Waals surface area contributed by atoms with Gasteiger partial charge in [-0.2, -0.15) is 10.2 Å². The molecule has 1 aromatic heterocycles. The summed E-state index contributed by atoms with van der Waals surface area (Å²) >= 11 is 5.85. The number of hydrogen-bond donors (Lipinski definition) is 0. The van der Waals surface area contributed by atoms with Gasteiger partial charge in [-0.25, -0.2) is 0 Å². The minimum absolute atomic E-state index is 0.649. The molecule has 0 N–H and O–H groups in total. The summed E-state index contributed by atoms with van der Waals surface area (Å²) in [6, 6.07) is 7.64. The molecule has 2 aromatic rings. The fraction of sp³-hybridized carbons (Fsp3) is 0.333. The van der Waals surface area contributed by atoms with Crippen LogP contribution in [0.3, 0.4) is 0 Å². The summed E-state index contributed by atoms with van der Waals surface area (Å²) in [7, 11) is 0. The molecular formula is C12H13ClN2. The molecule has 0 saturated heterocycles. The van der Waals surface area contributed by atoms with Gasteiger partial charge in [-0.3, -0.25) is 0 Å². The molecule has 0 aliphatic heterocycles. The summed E-state index contributed by atoms with van der Waals surface area (Å²) in [4.78, 5) is 0. The second-order valence-electron chi connectivity index (χ2n) is 3.89. The summed E-state index contributed by atoms with van der Waals surface area (Å²) in [5.74, 6) is 1.08. The van der Waals surface area contributed by atoms with Gasteiger partial charge in [0.2, 0.25) is 0 Å². The fourth-order valence-corrected chi connectivity index (χ4v) is 1.34. The van der Waals surface area contributed by atoms with E-state index in [4.69, 9.17) is 11.6 Å². The highest BCUT2D eigenvalue weighted by Crippen LogP contribution is 2.26.